The molecule has 0 radical (unpaired) electrons. The topological polar surface area (TPSA) is 23.5 Å². The molecule has 1 N–H and O–H groups in total. The van der Waals surface area contributed by atoms with Crippen LogP contribution in [0.3, 0.4) is 0 Å². The highest BCUT2D eigenvalue weighted by Crippen LogP contribution is 2.35. The van der Waals surface area contributed by atoms with Crippen LogP contribution in [0.25, 0.3) is 0 Å². The van der Waals surface area contributed by atoms with Gasteiger partial charge in [0.2, 0.25) is 0 Å². The van der Waals surface area contributed by atoms with E-state index in [1.165, 1.54) is 12.1 Å². The van der Waals surface area contributed by atoms with Gasteiger partial charge in [-0.15, -0.1) is 12.4 Å². The Bertz CT molecular complexity index is 455. The largest absolute Gasteiger partial charge is 0.388 e. The van der Waals surface area contributed by atoms with E-state index in [-0.39, 0.29) is 24.3 Å². The van der Waals surface area contributed by atoms with E-state index in [9.17, 15) is 9.50 Å². The Hall–Kier alpha value is -0.350. The summed E-state index contributed by atoms with van der Waals surface area (Å²) in [4.78, 5) is 2.04. The zero-order valence-corrected chi connectivity index (χ0v) is 13.5. The van der Waals surface area contributed by atoms with Crippen molar-refractivity contribution >= 4 is 24.0 Å². The van der Waals surface area contributed by atoms with Crippen molar-refractivity contribution < 1.29 is 9.50 Å². The van der Waals surface area contributed by atoms with Gasteiger partial charge in [-0.1, -0.05) is 24.4 Å². The number of benzene rings is 1. The van der Waals surface area contributed by atoms with Crippen molar-refractivity contribution in [3.8, 4) is 0 Å². The third-order valence-corrected chi connectivity index (χ3v) is 4.32. The molecule has 2 nitrogen and oxygen atoms in total. The molecule has 5 heteroatoms. The summed E-state index contributed by atoms with van der Waals surface area (Å²) in [6, 6.07) is 4.60. The number of nitrogens with zero attached hydrogens (tertiary/aromatic N) is 1. The fourth-order valence-corrected chi connectivity index (χ4v) is 3.35. The van der Waals surface area contributed by atoms with Gasteiger partial charge in [-0.25, -0.2) is 4.39 Å². The highest BCUT2D eigenvalue weighted by molar-refractivity contribution is 6.30. The third kappa shape index (κ3) is 3.85. The van der Waals surface area contributed by atoms with Crippen LogP contribution in [-0.2, 0) is 6.42 Å². The number of rotatable bonds is 3. The fraction of sp³-hybridized carbons (Fsp3) is 0.600. The molecule has 20 heavy (non-hydrogen) atoms. The summed E-state index contributed by atoms with van der Waals surface area (Å²) in [5.41, 5.74) is -0.364. The Morgan fingerprint density at radius 2 is 2.10 bits per heavy atom. The normalized spacial score (nSPS) is 26.4. The second kappa shape index (κ2) is 7.08. The van der Waals surface area contributed by atoms with Crippen molar-refractivity contribution in [2.24, 2.45) is 0 Å². The molecule has 0 amide bonds. The van der Waals surface area contributed by atoms with Crippen LogP contribution in [0.1, 0.15) is 31.2 Å². The van der Waals surface area contributed by atoms with Crippen molar-refractivity contribution in [2.75, 3.05) is 14.1 Å². The maximum atomic E-state index is 13.8. The predicted octanol–water partition coefficient (Wildman–Crippen LogP) is 3.68. The molecule has 1 aromatic rings. The second-order valence-corrected chi connectivity index (χ2v) is 6.18. The number of halogens is 3. The van der Waals surface area contributed by atoms with Crippen LogP contribution in [0, 0.1) is 5.82 Å². The molecular formula is C15H22Cl2FNO. The van der Waals surface area contributed by atoms with E-state index < -0.39 is 5.60 Å². The summed E-state index contributed by atoms with van der Waals surface area (Å²) < 4.78 is 13.8. The van der Waals surface area contributed by atoms with Gasteiger partial charge in [-0.05, 0) is 50.7 Å². The Kier molecular flexibility index (Phi) is 6.26. The summed E-state index contributed by atoms with van der Waals surface area (Å²) in [5.74, 6) is -0.291. The lowest BCUT2D eigenvalue weighted by Crippen LogP contribution is -2.53. The maximum Gasteiger partial charge on any atom is 0.126 e. The molecule has 2 atom stereocenters. The fourth-order valence-electron chi connectivity index (χ4n) is 3.16. The highest BCUT2D eigenvalue weighted by atomic mass is 35.5. The maximum absolute atomic E-state index is 13.8. The summed E-state index contributed by atoms with van der Waals surface area (Å²) in [6.07, 6.45) is 4.09. The molecule has 1 aromatic carbocycles. The van der Waals surface area contributed by atoms with Gasteiger partial charge in [0.25, 0.3) is 0 Å². The molecule has 2 rings (SSSR count). The van der Waals surface area contributed by atoms with Gasteiger partial charge in [0.15, 0.2) is 0 Å². The third-order valence-electron chi connectivity index (χ3n) is 4.09. The van der Waals surface area contributed by atoms with Crippen molar-refractivity contribution in [1.82, 2.24) is 4.90 Å². The minimum Gasteiger partial charge on any atom is -0.388 e. The van der Waals surface area contributed by atoms with Crippen LogP contribution in [-0.4, -0.2) is 35.7 Å². The van der Waals surface area contributed by atoms with Crippen LogP contribution >= 0.6 is 24.0 Å². The first kappa shape index (κ1) is 17.7. The Morgan fingerprint density at radius 3 is 2.75 bits per heavy atom. The van der Waals surface area contributed by atoms with Crippen LogP contribution < -0.4 is 0 Å². The van der Waals surface area contributed by atoms with Crippen LogP contribution in [0.4, 0.5) is 4.39 Å². The lowest BCUT2D eigenvalue weighted by molar-refractivity contribution is -0.0603. The Balaban J connectivity index is 0.00000200. The van der Waals surface area contributed by atoms with E-state index >= 15 is 0 Å². The Morgan fingerprint density at radius 1 is 1.40 bits per heavy atom. The smallest absolute Gasteiger partial charge is 0.126 e. The number of hydrogen-bond acceptors (Lipinski definition) is 2. The first-order valence-electron chi connectivity index (χ1n) is 6.75. The average molecular weight is 322 g/mol. The molecule has 0 heterocycles. The summed E-state index contributed by atoms with van der Waals surface area (Å²) in [7, 11) is 3.94. The zero-order valence-electron chi connectivity index (χ0n) is 11.9. The second-order valence-electron chi connectivity index (χ2n) is 5.74. The summed E-state index contributed by atoms with van der Waals surface area (Å²) >= 11 is 5.92. The molecule has 0 spiro atoms. The van der Waals surface area contributed by atoms with E-state index in [4.69, 9.17) is 11.6 Å². The van der Waals surface area contributed by atoms with Gasteiger partial charge in [-0.2, -0.15) is 0 Å². The summed E-state index contributed by atoms with van der Waals surface area (Å²) in [6.45, 7) is 0. The van der Waals surface area contributed by atoms with E-state index in [1.807, 2.05) is 19.0 Å². The standard InChI is InChI=1S/C15H21ClFNO.ClH/c1-18(2)14-5-3-4-8-15(14,19)10-11-9-12(16)6-7-13(11)17;/h6-7,9,14,19H,3-5,8,10H2,1-2H3;1H/t14-,15-;/m1./s1. The van der Waals surface area contributed by atoms with Crippen molar-refractivity contribution in [3.05, 3.63) is 34.6 Å². The molecule has 1 fully saturated rings. The number of hydrogen-bond donors (Lipinski definition) is 1. The van der Waals surface area contributed by atoms with Gasteiger partial charge in [0, 0.05) is 17.5 Å². The molecule has 1 aliphatic carbocycles. The first-order chi connectivity index (χ1) is 8.92. The average Bonchev–Trinajstić information content (AvgIpc) is 2.33. The quantitative estimate of drug-likeness (QED) is 0.918. The van der Waals surface area contributed by atoms with Crippen molar-refractivity contribution in [3.63, 3.8) is 0 Å². The van der Waals surface area contributed by atoms with E-state index in [2.05, 4.69) is 0 Å². The lowest BCUT2D eigenvalue weighted by atomic mass is 9.76. The molecular weight excluding hydrogens is 300 g/mol. The monoisotopic (exact) mass is 321 g/mol. The first-order valence-corrected chi connectivity index (χ1v) is 7.13. The minimum atomic E-state index is -0.868. The molecule has 0 saturated heterocycles. The van der Waals surface area contributed by atoms with Crippen molar-refractivity contribution in [2.45, 2.75) is 43.7 Å². The van der Waals surface area contributed by atoms with Crippen LogP contribution in [0.2, 0.25) is 5.02 Å². The lowest BCUT2D eigenvalue weighted by Gasteiger charge is -2.43. The van der Waals surface area contributed by atoms with Crippen LogP contribution in [0.5, 0.6) is 0 Å². The van der Waals surface area contributed by atoms with E-state index in [0.717, 1.165) is 19.3 Å². The van der Waals surface area contributed by atoms with Gasteiger partial charge < -0.3 is 10.0 Å². The van der Waals surface area contributed by atoms with Crippen molar-refractivity contribution in [1.29, 1.82) is 0 Å². The summed E-state index contributed by atoms with van der Waals surface area (Å²) in [5, 5.41) is 11.4. The van der Waals surface area contributed by atoms with Gasteiger partial charge in [0.05, 0.1) is 5.60 Å². The number of aliphatic hydroxyl groups is 1. The molecule has 0 aromatic heterocycles. The SMILES string of the molecule is CN(C)[C@@H]1CCCC[C@@]1(O)Cc1cc(Cl)ccc1F.Cl. The molecule has 114 valence electrons. The predicted molar refractivity (Wildman–Crippen MR) is 83.3 cm³/mol. The van der Waals surface area contributed by atoms with E-state index in [1.54, 1.807) is 6.07 Å². The molecule has 1 saturated carbocycles. The zero-order chi connectivity index (χ0) is 14.0. The van der Waals surface area contributed by atoms with E-state index in [0.29, 0.717) is 23.4 Å². The van der Waals surface area contributed by atoms with Crippen LogP contribution in [0.15, 0.2) is 18.2 Å². The molecule has 0 aliphatic heterocycles. The highest BCUT2D eigenvalue weighted by Gasteiger charge is 2.40. The van der Waals surface area contributed by atoms with Gasteiger partial charge >= 0.3 is 0 Å². The minimum absolute atomic E-state index is 0. The molecule has 0 unspecified atom stereocenters. The molecule has 1 aliphatic rings. The van der Waals surface area contributed by atoms with Gasteiger partial charge in [0.1, 0.15) is 5.82 Å². The Labute approximate surface area is 131 Å². The molecule has 0 bridgehead atoms. The number of likely N-dealkylation sites (N-methyl/N-ethyl adjacent to an activating group) is 1. The van der Waals surface area contributed by atoms with Gasteiger partial charge in [-0.3, -0.25) is 0 Å².